The molecule has 246 valence electrons. The van der Waals surface area contributed by atoms with Crippen molar-refractivity contribution < 1.29 is 9.53 Å². The Labute approximate surface area is 293 Å². The monoisotopic (exact) mass is 758 g/mol. The van der Waals surface area contributed by atoms with Gasteiger partial charge in [-0.05, 0) is 0 Å². The standard InChI is InChI=1S/C26H35O2Si.3C6H5.Sn/c1-7-21(2)25(22(3)15-14-20-27)28-29(26(4,5)6,23-16-10-8-11-17-23)24-18-12-9-13-19-24;3*1-2-4-6-5-3-1;/h7-13,15-19,22,25,27H,20H2,1-6H3;3*1-5H;/b15-14?,21-7+;;;;/t22-,25-;;;;/m0..../s1. The van der Waals surface area contributed by atoms with Crippen LogP contribution in [-0.4, -0.2) is 44.5 Å². The Bertz CT molecular complexity index is 1640. The molecule has 0 aliphatic carbocycles. The predicted octanol–water partition coefficient (Wildman–Crippen LogP) is 7.16. The topological polar surface area (TPSA) is 29.5 Å². The summed E-state index contributed by atoms with van der Waals surface area (Å²) in [5.41, 5.74) is 1.20. The molecule has 0 aliphatic heterocycles. The molecule has 0 amide bonds. The molecule has 0 heterocycles. The van der Waals surface area contributed by atoms with Gasteiger partial charge in [-0.1, -0.05) is 0 Å². The fourth-order valence-corrected chi connectivity index (χ4v) is 26.4. The quantitative estimate of drug-likeness (QED) is 0.108. The number of benzene rings is 5. The molecule has 0 fully saturated rings. The van der Waals surface area contributed by atoms with Gasteiger partial charge in [-0.3, -0.25) is 0 Å². The molecule has 4 heteroatoms. The van der Waals surface area contributed by atoms with E-state index in [0.717, 1.165) is 3.59 Å². The first-order valence-corrected chi connectivity index (χ1v) is 24.7. The van der Waals surface area contributed by atoms with Crippen LogP contribution in [0.2, 0.25) is 5.04 Å². The molecule has 0 saturated heterocycles. The molecule has 0 unspecified atom stereocenters. The summed E-state index contributed by atoms with van der Waals surface area (Å²) in [6.07, 6.45) is 4.39. The minimum atomic E-state index is -4.00. The molecular weight excluding hydrogens is 707 g/mol. The summed E-state index contributed by atoms with van der Waals surface area (Å²) in [5, 5.41) is 13.9. The minimum absolute atomic E-state index is 0.0140. The number of aliphatic hydroxyl groups is 1. The molecule has 0 saturated carbocycles. The summed E-state index contributed by atoms with van der Waals surface area (Å²) in [5.74, 6) is -0.0165. The molecule has 5 aromatic rings. The van der Waals surface area contributed by atoms with Crippen molar-refractivity contribution >= 4 is 47.8 Å². The van der Waals surface area contributed by atoms with E-state index in [1.165, 1.54) is 26.7 Å². The molecule has 0 spiro atoms. The molecule has 5 rings (SSSR count). The molecule has 2 atom stereocenters. The number of hydrogen-bond acceptors (Lipinski definition) is 2. The third kappa shape index (κ3) is 6.97. The van der Waals surface area contributed by atoms with Crippen LogP contribution in [0, 0.1) is 5.92 Å². The van der Waals surface area contributed by atoms with Gasteiger partial charge in [0.2, 0.25) is 0 Å². The average Bonchev–Trinajstić information content (AvgIpc) is 3.13. The van der Waals surface area contributed by atoms with E-state index < -0.39 is 26.7 Å². The average molecular weight is 758 g/mol. The van der Waals surface area contributed by atoms with Crippen molar-refractivity contribution in [3.63, 3.8) is 0 Å². The van der Waals surface area contributed by atoms with E-state index in [1.807, 2.05) is 0 Å². The van der Waals surface area contributed by atoms with Crippen molar-refractivity contribution in [2.45, 2.75) is 52.7 Å². The van der Waals surface area contributed by atoms with Crippen LogP contribution in [-0.2, 0) is 4.43 Å². The Balaban J connectivity index is 1.76. The summed E-state index contributed by atoms with van der Waals surface area (Å²) in [6, 6.07) is 54.6. The van der Waals surface area contributed by atoms with Crippen LogP contribution in [0.1, 0.15) is 41.5 Å². The van der Waals surface area contributed by atoms with Gasteiger partial charge in [0.05, 0.1) is 0 Å². The molecule has 1 N–H and O–H groups in total. The summed E-state index contributed by atoms with van der Waals surface area (Å²) >= 11 is -4.00. The second kappa shape index (κ2) is 15.8. The molecule has 0 bridgehead atoms. The van der Waals surface area contributed by atoms with Crippen molar-refractivity contribution in [1.29, 1.82) is 0 Å². The van der Waals surface area contributed by atoms with Crippen molar-refractivity contribution in [1.82, 2.24) is 0 Å². The molecule has 5 aromatic carbocycles. The predicted molar refractivity (Wildman–Crippen MR) is 210 cm³/mol. The van der Waals surface area contributed by atoms with Crippen molar-refractivity contribution in [3.05, 3.63) is 173 Å². The zero-order chi connectivity index (χ0) is 34.2. The first-order chi connectivity index (χ1) is 23.2. The normalized spacial score (nSPS) is 14.4. The van der Waals surface area contributed by atoms with Crippen LogP contribution in [0.3, 0.4) is 0 Å². The van der Waals surface area contributed by atoms with Crippen LogP contribution < -0.4 is 21.1 Å². The third-order valence-electron chi connectivity index (χ3n) is 9.84. The third-order valence-corrected chi connectivity index (χ3v) is 28.8. The molecule has 0 radical (unpaired) electrons. The Kier molecular flexibility index (Phi) is 11.8. The van der Waals surface area contributed by atoms with Gasteiger partial charge in [-0.15, -0.1) is 0 Å². The van der Waals surface area contributed by atoms with E-state index in [4.69, 9.17) is 4.43 Å². The van der Waals surface area contributed by atoms with Crippen molar-refractivity contribution in [3.8, 4) is 0 Å². The number of hydrogen-bond donors (Lipinski definition) is 1. The zero-order valence-corrected chi connectivity index (χ0v) is 33.2. The van der Waals surface area contributed by atoms with Gasteiger partial charge in [0.25, 0.3) is 0 Å². The van der Waals surface area contributed by atoms with Crippen molar-refractivity contribution in [2.75, 3.05) is 6.61 Å². The van der Waals surface area contributed by atoms with E-state index in [2.05, 4.69) is 205 Å². The Morgan fingerprint density at radius 3 is 1.33 bits per heavy atom. The number of rotatable bonds is 12. The van der Waals surface area contributed by atoms with E-state index >= 15 is 0 Å². The van der Waals surface area contributed by atoms with Gasteiger partial charge < -0.3 is 0 Å². The SMILES string of the molecule is C/C=C(\C)[C@H](O[Si](c1ccccc1)(c1ccccc1)C(C)(C)C)[C@@H](C)/C=[C](\CO)[Sn]([c]1ccccc1)([c]1ccccc1)[c]1ccccc1. The summed E-state index contributed by atoms with van der Waals surface area (Å²) in [6.45, 7) is 13.6. The van der Waals surface area contributed by atoms with E-state index in [1.54, 1.807) is 0 Å². The van der Waals surface area contributed by atoms with E-state index in [-0.39, 0.29) is 23.7 Å². The summed E-state index contributed by atoms with van der Waals surface area (Å²) in [7, 11) is -2.87. The molecular formula is C44H50O2SiSn. The zero-order valence-electron chi connectivity index (χ0n) is 29.3. The van der Waals surface area contributed by atoms with Gasteiger partial charge in [0.15, 0.2) is 0 Å². The van der Waals surface area contributed by atoms with Gasteiger partial charge >= 0.3 is 296 Å². The Morgan fingerprint density at radius 2 is 1.02 bits per heavy atom. The second-order valence-electron chi connectivity index (χ2n) is 13.8. The molecule has 2 nitrogen and oxygen atoms in total. The van der Waals surface area contributed by atoms with Gasteiger partial charge in [-0.25, -0.2) is 0 Å². The van der Waals surface area contributed by atoms with Gasteiger partial charge in [-0.2, -0.15) is 0 Å². The maximum absolute atomic E-state index is 11.5. The van der Waals surface area contributed by atoms with Crippen LogP contribution in [0.5, 0.6) is 0 Å². The summed E-state index contributed by atoms with van der Waals surface area (Å²) < 4.78 is 12.9. The number of aliphatic hydroxyl groups excluding tert-OH is 1. The first kappa shape index (κ1) is 35.8. The van der Waals surface area contributed by atoms with Gasteiger partial charge in [0, 0.05) is 0 Å². The van der Waals surface area contributed by atoms with Crippen LogP contribution >= 0.6 is 0 Å². The molecule has 48 heavy (non-hydrogen) atoms. The maximum atomic E-state index is 11.5. The van der Waals surface area contributed by atoms with Crippen molar-refractivity contribution in [2.24, 2.45) is 5.92 Å². The second-order valence-corrected chi connectivity index (χ2v) is 29.1. The van der Waals surface area contributed by atoms with E-state index in [0.29, 0.717) is 0 Å². The van der Waals surface area contributed by atoms with Crippen LogP contribution in [0.15, 0.2) is 173 Å². The Hall–Kier alpha value is -3.48. The number of allylic oxidation sites excluding steroid dienone is 1. The van der Waals surface area contributed by atoms with Crippen LogP contribution in [0.4, 0.5) is 0 Å². The van der Waals surface area contributed by atoms with Gasteiger partial charge in [0.1, 0.15) is 0 Å². The molecule has 0 aromatic heterocycles. The summed E-state index contributed by atoms with van der Waals surface area (Å²) in [4.78, 5) is 0. The molecule has 0 aliphatic rings. The Morgan fingerprint density at radius 1 is 0.667 bits per heavy atom. The van der Waals surface area contributed by atoms with Crippen LogP contribution in [0.25, 0.3) is 0 Å². The first-order valence-electron chi connectivity index (χ1n) is 17.1. The van der Waals surface area contributed by atoms with E-state index in [9.17, 15) is 5.11 Å². The fraction of sp³-hybridized carbons (Fsp3) is 0.227. The fourth-order valence-electron chi connectivity index (χ4n) is 7.48.